The highest BCUT2D eigenvalue weighted by atomic mass is 16.7. The Bertz CT molecular complexity index is 811. The molecule has 6 nitrogen and oxygen atoms in total. The first kappa shape index (κ1) is 15.6. The van der Waals surface area contributed by atoms with Gasteiger partial charge in [0.2, 0.25) is 6.79 Å². The van der Waals surface area contributed by atoms with E-state index >= 15 is 0 Å². The summed E-state index contributed by atoms with van der Waals surface area (Å²) >= 11 is 0. The highest BCUT2D eigenvalue weighted by Crippen LogP contribution is 2.35. The molecule has 0 radical (unpaired) electrons. The predicted octanol–water partition coefficient (Wildman–Crippen LogP) is 3.26. The molecule has 6 heteroatoms. The summed E-state index contributed by atoms with van der Waals surface area (Å²) in [6.45, 7) is 0.171. The van der Waals surface area contributed by atoms with Gasteiger partial charge in [-0.15, -0.1) is 0 Å². The smallest absolute Gasteiger partial charge is 0.343 e. The molecule has 1 aliphatic rings. The van der Waals surface area contributed by atoms with Crippen LogP contribution in [0.2, 0.25) is 0 Å². The molecule has 0 bridgehead atoms. The number of carbonyl (C=O) groups excluding carboxylic acids is 1. The fourth-order valence-electron chi connectivity index (χ4n) is 2.18. The van der Waals surface area contributed by atoms with E-state index < -0.39 is 5.97 Å². The average Bonchev–Trinajstić information content (AvgIpc) is 3.10. The number of methoxy groups -OCH3 is 1. The fraction of sp³-hybridized carbons (Fsp3) is 0.111. The van der Waals surface area contributed by atoms with Gasteiger partial charge in [-0.05, 0) is 12.1 Å². The van der Waals surface area contributed by atoms with Crippen molar-refractivity contribution in [3.05, 3.63) is 59.7 Å². The maximum Gasteiger partial charge on any atom is 0.343 e. The number of rotatable bonds is 4. The molecule has 0 fully saturated rings. The van der Waals surface area contributed by atoms with Gasteiger partial charge in [0.15, 0.2) is 11.5 Å². The molecular formula is C18H15NO5. The van der Waals surface area contributed by atoms with Crippen LogP contribution in [-0.2, 0) is 9.53 Å². The summed E-state index contributed by atoms with van der Waals surface area (Å²) in [5, 5.41) is 10.4. The molecule has 0 atom stereocenters. The summed E-state index contributed by atoms with van der Waals surface area (Å²) in [6.07, 6.45) is 1.27. The first-order valence-corrected chi connectivity index (χ1v) is 7.19. The minimum Gasteiger partial charge on any atom is -0.506 e. The lowest BCUT2D eigenvalue weighted by Gasteiger charge is -2.05. The Hall–Kier alpha value is -3.28. The lowest BCUT2D eigenvalue weighted by molar-refractivity contribution is -0.135. The summed E-state index contributed by atoms with van der Waals surface area (Å²) in [6, 6.07) is 13.8. The molecule has 3 rings (SSSR count). The first-order valence-electron chi connectivity index (χ1n) is 7.19. The third-order valence-electron chi connectivity index (χ3n) is 3.41. The molecule has 122 valence electrons. The second-order valence-corrected chi connectivity index (χ2v) is 4.92. The highest BCUT2D eigenvalue weighted by Gasteiger charge is 2.16. The lowest BCUT2D eigenvalue weighted by Crippen LogP contribution is -2.09. The van der Waals surface area contributed by atoms with E-state index in [0.717, 1.165) is 0 Å². The number of aliphatic hydroxyl groups excluding tert-OH is 1. The molecule has 1 aliphatic heterocycles. The van der Waals surface area contributed by atoms with Gasteiger partial charge in [-0.25, -0.2) is 4.79 Å². The maximum atomic E-state index is 12.0. The molecule has 1 N–H and O–H groups in total. The molecule has 0 spiro atoms. The van der Waals surface area contributed by atoms with E-state index in [-0.39, 0.29) is 18.1 Å². The molecule has 24 heavy (non-hydrogen) atoms. The normalized spacial score (nSPS) is 13.7. The van der Waals surface area contributed by atoms with Crippen molar-refractivity contribution in [2.75, 3.05) is 13.9 Å². The van der Waals surface area contributed by atoms with E-state index in [2.05, 4.69) is 4.99 Å². The number of esters is 1. The van der Waals surface area contributed by atoms with Gasteiger partial charge in [0.1, 0.15) is 11.3 Å². The molecule has 1 heterocycles. The van der Waals surface area contributed by atoms with Crippen molar-refractivity contribution < 1.29 is 24.1 Å². The highest BCUT2D eigenvalue weighted by molar-refractivity contribution is 6.15. The number of fused-ring (bicyclic) bond motifs is 1. The molecule has 2 aromatic carbocycles. The van der Waals surface area contributed by atoms with E-state index in [9.17, 15) is 9.90 Å². The van der Waals surface area contributed by atoms with Gasteiger partial charge >= 0.3 is 5.97 Å². The molecular weight excluding hydrogens is 310 g/mol. The zero-order chi connectivity index (χ0) is 16.9. The molecule has 2 aromatic rings. The van der Waals surface area contributed by atoms with Crippen molar-refractivity contribution in [2.45, 2.75) is 0 Å². The zero-order valence-electron chi connectivity index (χ0n) is 12.9. The Morgan fingerprint density at radius 2 is 1.92 bits per heavy atom. The van der Waals surface area contributed by atoms with Gasteiger partial charge < -0.3 is 19.3 Å². The number of benzene rings is 2. The van der Waals surface area contributed by atoms with Crippen LogP contribution in [0.15, 0.2) is 59.1 Å². The summed E-state index contributed by atoms with van der Waals surface area (Å²) in [5.41, 5.74) is 1.01. The molecule has 0 unspecified atom stereocenters. The number of carbonyl (C=O) groups is 1. The number of nitrogens with zero attached hydrogens (tertiary/aromatic N) is 1. The number of ether oxygens (including phenoxy) is 3. The van der Waals surface area contributed by atoms with Crippen LogP contribution in [-0.4, -0.2) is 31.2 Å². The van der Waals surface area contributed by atoms with E-state index in [4.69, 9.17) is 14.2 Å². The van der Waals surface area contributed by atoms with Crippen LogP contribution in [0.1, 0.15) is 5.56 Å². The second-order valence-electron chi connectivity index (χ2n) is 4.92. The summed E-state index contributed by atoms with van der Waals surface area (Å²) in [5.74, 6) is 0.345. The van der Waals surface area contributed by atoms with Gasteiger partial charge in [0.05, 0.1) is 12.8 Å². The number of aliphatic hydroxyl groups is 1. The van der Waals surface area contributed by atoms with Gasteiger partial charge in [-0.2, -0.15) is 0 Å². The van der Waals surface area contributed by atoms with Gasteiger partial charge in [0.25, 0.3) is 0 Å². The van der Waals surface area contributed by atoms with Crippen LogP contribution in [0.4, 0.5) is 5.69 Å². The Morgan fingerprint density at radius 3 is 2.67 bits per heavy atom. The Balaban J connectivity index is 1.94. The van der Waals surface area contributed by atoms with Crippen molar-refractivity contribution in [3.63, 3.8) is 0 Å². The van der Waals surface area contributed by atoms with Crippen LogP contribution >= 0.6 is 0 Å². The fourth-order valence-corrected chi connectivity index (χ4v) is 2.18. The summed E-state index contributed by atoms with van der Waals surface area (Å²) in [7, 11) is 1.25. The monoisotopic (exact) mass is 325 g/mol. The Kier molecular flexibility index (Phi) is 4.47. The van der Waals surface area contributed by atoms with Gasteiger partial charge in [0, 0.05) is 17.8 Å². The van der Waals surface area contributed by atoms with E-state index in [1.807, 2.05) is 6.07 Å². The standard InChI is InChI=1S/C18H15NO5/c1-22-18(21)14(17(20)12-5-3-2-4-6-12)10-19-13-7-8-15-16(9-13)24-11-23-15/h2-10,20H,11H2,1H3. The van der Waals surface area contributed by atoms with Crippen molar-refractivity contribution in [1.82, 2.24) is 0 Å². The molecule has 0 aromatic heterocycles. The van der Waals surface area contributed by atoms with Crippen LogP contribution in [0, 0.1) is 0 Å². The van der Waals surface area contributed by atoms with Crippen LogP contribution in [0.3, 0.4) is 0 Å². The molecule has 0 saturated heterocycles. The SMILES string of the molecule is COC(=O)C(C=Nc1ccc2c(c1)OCO2)=C(O)c1ccccc1. The molecule has 0 amide bonds. The number of aliphatic imine (C=N–C) groups is 1. The number of hydrogen-bond donors (Lipinski definition) is 1. The maximum absolute atomic E-state index is 12.0. The van der Waals surface area contributed by atoms with Crippen LogP contribution < -0.4 is 9.47 Å². The summed E-state index contributed by atoms with van der Waals surface area (Å²) in [4.78, 5) is 16.2. The third-order valence-corrected chi connectivity index (χ3v) is 3.41. The van der Waals surface area contributed by atoms with Gasteiger partial charge in [-0.1, -0.05) is 30.3 Å². The zero-order valence-corrected chi connectivity index (χ0v) is 12.9. The largest absolute Gasteiger partial charge is 0.506 e. The minimum atomic E-state index is -0.680. The van der Waals surface area contributed by atoms with Crippen LogP contribution in [0.5, 0.6) is 11.5 Å². The minimum absolute atomic E-state index is 0.0404. The van der Waals surface area contributed by atoms with E-state index in [1.165, 1.54) is 13.3 Å². The second kappa shape index (κ2) is 6.87. The quantitative estimate of drug-likeness (QED) is 0.404. The van der Waals surface area contributed by atoms with Crippen LogP contribution in [0.25, 0.3) is 5.76 Å². The molecule has 0 aliphatic carbocycles. The molecule has 0 saturated carbocycles. The average molecular weight is 325 g/mol. The summed E-state index contributed by atoms with van der Waals surface area (Å²) < 4.78 is 15.2. The van der Waals surface area contributed by atoms with Gasteiger partial charge in [-0.3, -0.25) is 4.99 Å². The first-order chi connectivity index (χ1) is 11.7. The Labute approximate surface area is 138 Å². The van der Waals surface area contributed by atoms with Crippen molar-refractivity contribution >= 4 is 23.6 Å². The third kappa shape index (κ3) is 3.22. The van der Waals surface area contributed by atoms with E-state index in [1.54, 1.807) is 42.5 Å². The topological polar surface area (TPSA) is 77.4 Å². The van der Waals surface area contributed by atoms with Crippen molar-refractivity contribution in [3.8, 4) is 11.5 Å². The van der Waals surface area contributed by atoms with Crippen molar-refractivity contribution in [2.24, 2.45) is 4.99 Å². The predicted molar refractivity (Wildman–Crippen MR) is 88.7 cm³/mol. The van der Waals surface area contributed by atoms with E-state index in [0.29, 0.717) is 22.7 Å². The Morgan fingerprint density at radius 1 is 1.17 bits per heavy atom. The lowest BCUT2D eigenvalue weighted by atomic mass is 10.1. The van der Waals surface area contributed by atoms with Crippen molar-refractivity contribution in [1.29, 1.82) is 0 Å². The number of hydrogen-bond acceptors (Lipinski definition) is 6.